The van der Waals surface area contributed by atoms with E-state index in [2.05, 4.69) is 0 Å². The average molecular weight is 160 g/mol. The minimum Gasteiger partial charge on any atom is -0.396 e. The molecule has 1 saturated heterocycles. The van der Waals surface area contributed by atoms with Gasteiger partial charge in [0.2, 0.25) is 0 Å². The van der Waals surface area contributed by atoms with Crippen LogP contribution in [-0.4, -0.2) is 35.1 Å². The lowest BCUT2D eigenvalue weighted by atomic mass is 9.98. The molecule has 0 spiro atoms. The van der Waals surface area contributed by atoms with Gasteiger partial charge < -0.3 is 14.9 Å². The third kappa shape index (κ3) is 1.72. The highest BCUT2D eigenvalue weighted by molar-refractivity contribution is 4.85. The number of aliphatic hydroxyl groups is 2. The minimum absolute atomic E-state index is 0.0845. The van der Waals surface area contributed by atoms with Crippen LogP contribution in [0.4, 0.5) is 0 Å². The van der Waals surface area contributed by atoms with Crippen molar-refractivity contribution in [1.29, 1.82) is 0 Å². The Morgan fingerprint density at radius 1 is 1.36 bits per heavy atom. The smallest absolute Gasteiger partial charge is 0.0863 e. The van der Waals surface area contributed by atoms with Crippen LogP contribution in [0, 0.1) is 5.92 Å². The summed E-state index contributed by atoms with van der Waals surface area (Å²) in [4.78, 5) is 0. The number of aliphatic hydroxyl groups excluding tert-OH is 2. The topological polar surface area (TPSA) is 49.7 Å². The molecule has 3 nitrogen and oxygen atoms in total. The van der Waals surface area contributed by atoms with Crippen molar-refractivity contribution < 1.29 is 14.9 Å². The molecule has 66 valence electrons. The molecule has 0 amide bonds. The predicted molar refractivity (Wildman–Crippen MR) is 41.2 cm³/mol. The van der Waals surface area contributed by atoms with Gasteiger partial charge in [-0.05, 0) is 13.3 Å². The highest BCUT2D eigenvalue weighted by Crippen LogP contribution is 2.27. The molecule has 3 heteroatoms. The summed E-state index contributed by atoms with van der Waals surface area (Å²) in [7, 11) is 0. The van der Waals surface area contributed by atoms with Crippen LogP contribution in [0.3, 0.4) is 0 Å². The van der Waals surface area contributed by atoms with Crippen LogP contribution in [0.15, 0.2) is 0 Å². The van der Waals surface area contributed by atoms with E-state index in [4.69, 9.17) is 9.84 Å². The highest BCUT2D eigenvalue weighted by Gasteiger charge is 2.37. The Labute approximate surface area is 67.0 Å². The van der Waals surface area contributed by atoms with E-state index in [0.29, 0.717) is 6.42 Å². The number of hydrogen-bond acceptors (Lipinski definition) is 3. The van der Waals surface area contributed by atoms with Crippen LogP contribution in [-0.2, 0) is 4.74 Å². The normalized spacial score (nSPS) is 44.7. The predicted octanol–water partition coefficient (Wildman–Crippen LogP) is 0.153. The van der Waals surface area contributed by atoms with E-state index in [1.54, 1.807) is 0 Å². The van der Waals surface area contributed by atoms with Gasteiger partial charge in [-0.3, -0.25) is 0 Å². The largest absolute Gasteiger partial charge is 0.396 e. The summed E-state index contributed by atoms with van der Waals surface area (Å²) >= 11 is 0. The molecule has 4 atom stereocenters. The summed E-state index contributed by atoms with van der Waals surface area (Å²) in [6.45, 7) is 4.00. The van der Waals surface area contributed by atoms with E-state index < -0.39 is 6.10 Å². The molecule has 0 aromatic heterocycles. The molecule has 0 aromatic rings. The number of hydrogen-bond donors (Lipinski definition) is 2. The average Bonchev–Trinajstić information content (AvgIpc) is 2.19. The SMILES string of the molecule is CC1[C@H](C)O[C@H](CCO)[C@@H]1O. The van der Waals surface area contributed by atoms with Gasteiger partial charge in [0.1, 0.15) is 0 Å². The van der Waals surface area contributed by atoms with Gasteiger partial charge in [0.05, 0.1) is 18.3 Å². The molecule has 0 aliphatic carbocycles. The molecule has 2 N–H and O–H groups in total. The molecule has 1 aliphatic rings. The van der Waals surface area contributed by atoms with Gasteiger partial charge in [-0.1, -0.05) is 6.92 Å². The van der Waals surface area contributed by atoms with E-state index in [1.807, 2.05) is 13.8 Å². The van der Waals surface area contributed by atoms with Gasteiger partial charge in [-0.15, -0.1) is 0 Å². The third-order valence-electron chi connectivity index (χ3n) is 2.46. The van der Waals surface area contributed by atoms with Gasteiger partial charge in [-0.2, -0.15) is 0 Å². The van der Waals surface area contributed by atoms with Gasteiger partial charge in [0.15, 0.2) is 0 Å². The Hall–Kier alpha value is -0.120. The minimum atomic E-state index is -0.405. The van der Waals surface area contributed by atoms with Crippen molar-refractivity contribution in [2.75, 3.05) is 6.61 Å². The summed E-state index contributed by atoms with van der Waals surface area (Å²) in [5, 5.41) is 18.1. The monoisotopic (exact) mass is 160 g/mol. The Morgan fingerprint density at radius 3 is 2.36 bits per heavy atom. The van der Waals surface area contributed by atoms with Crippen LogP contribution in [0.1, 0.15) is 20.3 Å². The standard InChI is InChI=1S/C8H16O3/c1-5-6(2)11-7(3-4-9)8(5)10/h5-10H,3-4H2,1-2H3/t5?,6-,7+,8+/m0/s1. The fraction of sp³-hybridized carbons (Fsp3) is 1.00. The van der Waals surface area contributed by atoms with Crippen molar-refractivity contribution >= 4 is 0 Å². The second kappa shape index (κ2) is 3.52. The van der Waals surface area contributed by atoms with Crippen LogP contribution >= 0.6 is 0 Å². The number of ether oxygens (including phenoxy) is 1. The Kier molecular flexibility index (Phi) is 2.87. The molecule has 0 bridgehead atoms. The van der Waals surface area contributed by atoms with Crippen molar-refractivity contribution in [2.24, 2.45) is 5.92 Å². The lowest BCUT2D eigenvalue weighted by molar-refractivity contribution is 0.00226. The zero-order valence-corrected chi connectivity index (χ0v) is 7.03. The lowest BCUT2D eigenvalue weighted by Crippen LogP contribution is -2.26. The maximum atomic E-state index is 9.52. The van der Waals surface area contributed by atoms with E-state index in [9.17, 15) is 5.11 Å². The first-order valence-corrected chi connectivity index (χ1v) is 4.11. The molecule has 11 heavy (non-hydrogen) atoms. The summed E-state index contributed by atoms with van der Waals surface area (Å²) in [6.07, 6.45) is 0.0826. The maximum Gasteiger partial charge on any atom is 0.0863 e. The lowest BCUT2D eigenvalue weighted by Gasteiger charge is -2.12. The second-order valence-corrected chi connectivity index (χ2v) is 3.24. The van der Waals surface area contributed by atoms with Crippen molar-refractivity contribution in [3.63, 3.8) is 0 Å². The molecule has 0 saturated carbocycles. The van der Waals surface area contributed by atoms with Gasteiger partial charge in [0, 0.05) is 12.5 Å². The van der Waals surface area contributed by atoms with Crippen molar-refractivity contribution in [1.82, 2.24) is 0 Å². The molecule has 1 rings (SSSR count). The van der Waals surface area contributed by atoms with E-state index in [-0.39, 0.29) is 24.7 Å². The molecule has 1 unspecified atom stereocenters. The Morgan fingerprint density at radius 2 is 2.00 bits per heavy atom. The second-order valence-electron chi connectivity index (χ2n) is 3.24. The van der Waals surface area contributed by atoms with Crippen molar-refractivity contribution in [3.05, 3.63) is 0 Å². The quantitative estimate of drug-likeness (QED) is 0.604. The Bertz CT molecular complexity index is 127. The first-order valence-electron chi connectivity index (χ1n) is 4.11. The molecule has 1 aliphatic heterocycles. The first-order chi connectivity index (χ1) is 5.16. The molecule has 1 fully saturated rings. The zero-order valence-electron chi connectivity index (χ0n) is 7.03. The van der Waals surface area contributed by atoms with Crippen LogP contribution in [0.2, 0.25) is 0 Å². The van der Waals surface area contributed by atoms with Crippen molar-refractivity contribution in [3.8, 4) is 0 Å². The summed E-state index contributed by atoms with van der Waals surface area (Å²) in [5.74, 6) is 0.187. The molecular weight excluding hydrogens is 144 g/mol. The number of rotatable bonds is 2. The third-order valence-corrected chi connectivity index (χ3v) is 2.46. The summed E-state index contributed by atoms with van der Waals surface area (Å²) < 4.78 is 5.42. The van der Waals surface area contributed by atoms with Gasteiger partial charge >= 0.3 is 0 Å². The summed E-state index contributed by atoms with van der Waals surface area (Å²) in [6, 6.07) is 0. The van der Waals surface area contributed by atoms with Crippen molar-refractivity contribution in [2.45, 2.75) is 38.6 Å². The highest BCUT2D eigenvalue weighted by atomic mass is 16.5. The van der Waals surface area contributed by atoms with E-state index >= 15 is 0 Å². The van der Waals surface area contributed by atoms with Gasteiger partial charge in [0.25, 0.3) is 0 Å². The van der Waals surface area contributed by atoms with Crippen LogP contribution < -0.4 is 0 Å². The molecular formula is C8H16O3. The first kappa shape index (κ1) is 8.97. The molecule has 1 heterocycles. The summed E-state index contributed by atoms with van der Waals surface area (Å²) in [5.41, 5.74) is 0. The Balaban J connectivity index is 2.45. The maximum absolute atomic E-state index is 9.52. The van der Waals surface area contributed by atoms with Crippen LogP contribution in [0.25, 0.3) is 0 Å². The molecule has 0 radical (unpaired) electrons. The fourth-order valence-electron chi connectivity index (χ4n) is 1.46. The molecule has 0 aromatic carbocycles. The fourth-order valence-corrected chi connectivity index (χ4v) is 1.46. The van der Waals surface area contributed by atoms with E-state index in [1.165, 1.54) is 0 Å². The van der Waals surface area contributed by atoms with Gasteiger partial charge in [-0.25, -0.2) is 0 Å². The van der Waals surface area contributed by atoms with E-state index in [0.717, 1.165) is 0 Å². The van der Waals surface area contributed by atoms with Crippen LogP contribution in [0.5, 0.6) is 0 Å². The zero-order chi connectivity index (χ0) is 8.43.